The zero-order chi connectivity index (χ0) is 15.8. The minimum Gasteiger partial charge on any atom is -0.391 e. The van der Waals surface area contributed by atoms with Crippen molar-refractivity contribution in [3.8, 4) is 6.07 Å². The van der Waals surface area contributed by atoms with Crippen molar-refractivity contribution in [1.82, 2.24) is 10.6 Å². The maximum atomic E-state index is 12.1. The second-order valence-electron chi connectivity index (χ2n) is 5.32. The van der Waals surface area contributed by atoms with E-state index >= 15 is 0 Å². The minimum atomic E-state index is -0.589. The van der Waals surface area contributed by atoms with Crippen molar-refractivity contribution >= 4 is 6.03 Å². The van der Waals surface area contributed by atoms with E-state index < -0.39 is 12.1 Å². The maximum absolute atomic E-state index is 12.1. The molecule has 1 unspecified atom stereocenters. The van der Waals surface area contributed by atoms with E-state index in [-0.39, 0.29) is 12.1 Å². The van der Waals surface area contributed by atoms with Crippen LogP contribution < -0.4 is 10.6 Å². The summed E-state index contributed by atoms with van der Waals surface area (Å²) in [5.41, 5.74) is 0.952. The smallest absolute Gasteiger partial charge is 0.315 e. The van der Waals surface area contributed by atoms with E-state index in [1.165, 1.54) is 0 Å². The standard InChI is InChI=1S/C16H21N3O3/c17-9-4-7-13(12-5-2-1-3-6-12)18-16(21)19-14-11-22-10-8-15(14)20/h1-3,5-6,13-15,20H,4,7-8,10-11H2,(H2,18,19,21)/t13?,14-,15-/m1/s1. The molecule has 1 aromatic rings. The highest BCUT2D eigenvalue weighted by Crippen LogP contribution is 2.18. The normalized spacial score (nSPS) is 22.4. The third-order valence-corrected chi connectivity index (χ3v) is 3.69. The SMILES string of the molecule is N#CCCC(NC(=O)N[C@@H]1COCC[C@H]1O)c1ccccc1. The zero-order valence-electron chi connectivity index (χ0n) is 12.4. The van der Waals surface area contributed by atoms with Gasteiger partial charge in [-0.1, -0.05) is 30.3 Å². The third-order valence-electron chi connectivity index (χ3n) is 3.69. The van der Waals surface area contributed by atoms with Gasteiger partial charge in [0.25, 0.3) is 0 Å². The van der Waals surface area contributed by atoms with Crippen LogP contribution in [-0.4, -0.2) is 36.5 Å². The summed E-state index contributed by atoms with van der Waals surface area (Å²) in [4.78, 5) is 12.1. The Hall–Kier alpha value is -2.10. The molecule has 0 saturated carbocycles. The number of rotatable bonds is 5. The Morgan fingerprint density at radius 3 is 2.91 bits per heavy atom. The van der Waals surface area contributed by atoms with Gasteiger partial charge in [0.1, 0.15) is 0 Å². The topological polar surface area (TPSA) is 94.4 Å². The predicted molar refractivity (Wildman–Crippen MR) is 80.9 cm³/mol. The van der Waals surface area contributed by atoms with E-state index in [2.05, 4.69) is 16.7 Å². The summed E-state index contributed by atoms with van der Waals surface area (Å²) in [6.45, 7) is 0.818. The number of carbonyl (C=O) groups is 1. The summed E-state index contributed by atoms with van der Waals surface area (Å²) in [6.07, 6.45) is 0.822. The number of hydrogen-bond acceptors (Lipinski definition) is 4. The number of carbonyl (C=O) groups excluding carboxylic acids is 1. The summed E-state index contributed by atoms with van der Waals surface area (Å²) in [6, 6.07) is 10.6. The highest BCUT2D eigenvalue weighted by Gasteiger charge is 2.26. The first-order valence-corrected chi connectivity index (χ1v) is 7.45. The molecule has 3 N–H and O–H groups in total. The zero-order valence-corrected chi connectivity index (χ0v) is 12.4. The Morgan fingerprint density at radius 1 is 1.45 bits per heavy atom. The largest absolute Gasteiger partial charge is 0.391 e. The van der Waals surface area contributed by atoms with E-state index in [0.717, 1.165) is 5.56 Å². The number of aliphatic hydroxyl groups is 1. The van der Waals surface area contributed by atoms with Gasteiger partial charge in [-0.15, -0.1) is 0 Å². The quantitative estimate of drug-likeness (QED) is 0.768. The molecule has 0 aliphatic carbocycles. The van der Waals surface area contributed by atoms with Gasteiger partial charge in [-0.3, -0.25) is 0 Å². The predicted octanol–water partition coefficient (Wildman–Crippen LogP) is 1.48. The molecule has 6 nitrogen and oxygen atoms in total. The van der Waals surface area contributed by atoms with Crippen molar-refractivity contribution in [1.29, 1.82) is 5.26 Å². The van der Waals surface area contributed by atoms with Crippen LogP contribution in [0.4, 0.5) is 4.79 Å². The molecular weight excluding hydrogens is 282 g/mol. The maximum Gasteiger partial charge on any atom is 0.315 e. The number of amides is 2. The lowest BCUT2D eigenvalue weighted by Gasteiger charge is -2.29. The first kappa shape index (κ1) is 16.3. The Morgan fingerprint density at radius 2 is 2.23 bits per heavy atom. The molecule has 0 bridgehead atoms. The lowest BCUT2D eigenvalue weighted by Crippen LogP contribution is -2.52. The number of urea groups is 1. The van der Waals surface area contributed by atoms with Gasteiger partial charge in [0, 0.05) is 13.0 Å². The fraction of sp³-hybridized carbons (Fsp3) is 0.500. The van der Waals surface area contributed by atoms with Crippen LogP contribution >= 0.6 is 0 Å². The van der Waals surface area contributed by atoms with Crippen molar-refractivity contribution in [2.75, 3.05) is 13.2 Å². The monoisotopic (exact) mass is 303 g/mol. The Labute approximate surface area is 130 Å². The molecule has 1 fully saturated rings. The van der Waals surface area contributed by atoms with Crippen molar-refractivity contribution in [2.24, 2.45) is 0 Å². The number of hydrogen-bond donors (Lipinski definition) is 3. The van der Waals surface area contributed by atoms with Crippen molar-refractivity contribution in [3.05, 3.63) is 35.9 Å². The van der Waals surface area contributed by atoms with Crippen molar-refractivity contribution in [2.45, 2.75) is 37.5 Å². The Bertz CT molecular complexity index is 515. The summed E-state index contributed by atoms with van der Waals surface area (Å²) in [5, 5.41) is 24.2. The molecule has 1 heterocycles. The summed E-state index contributed by atoms with van der Waals surface area (Å²) < 4.78 is 5.26. The Balaban J connectivity index is 1.94. The number of nitrogens with one attached hydrogen (secondary N) is 2. The molecule has 1 aliphatic heterocycles. The fourth-order valence-corrected chi connectivity index (χ4v) is 2.45. The van der Waals surface area contributed by atoms with Gasteiger partial charge >= 0.3 is 6.03 Å². The molecule has 1 saturated heterocycles. The number of nitriles is 1. The van der Waals surface area contributed by atoms with E-state index in [1.54, 1.807) is 0 Å². The highest BCUT2D eigenvalue weighted by atomic mass is 16.5. The molecule has 3 atom stereocenters. The molecule has 118 valence electrons. The van der Waals surface area contributed by atoms with Crippen LogP contribution in [0.3, 0.4) is 0 Å². The van der Waals surface area contributed by atoms with Gasteiger partial charge in [-0.2, -0.15) is 5.26 Å². The lowest BCUT2D eigenvalue weighted by molar-refractivity contribution is -0.0119. The summed E-state index contributed by atoms with van der Waals surface area (Å²) >= 11 is 0. The van der Waals surface area contributed by atoms with Gasteiger partial charge in [0.2, 0.25) is 0 Å². The molecule has 1 aliphatic rings. The Kier molecular flexibility index (Phi) is 6.19. The lowest BCUT2D eigenvalue weighted by atomic mass is 10.0. The van der Waals surface area contributed by atoms with Crippen LogP contribution in [0.5, 0.6) is 0 Å². The molecule has 0 radical (unpaired) electrons. The second-order valence-corrected chi connectivity index (χ2v) is 5.32. The van der Waals surface area contributed by atoms with Crippen molar-refractivity contribution < 1.29 is 14.6 Å². The van der Waals surface area contributed by atoms with Gasteiger partial charge in [-0.05, 0) is 18.4 Å². The molecule has 2 rings (SSSR count). The van der Waals surface area contributed by atoms with Crippen LogP contribution in [0.25, 0.3) is 0 Å². The van der Waals surface area contributed by atoms with Gasteiger partial charge in [0.15, 0.2) is 0 Å². The molecule has 1 aromatic carbocycles. The number of aliphatic hydroxyl groups excluding tert-OH is 1. The van der Waals surface area contributed by atoms with Gasteiger partial charge in [0.05, 0.1) is 30.9 Å². The molecule has 22 heavy (non-hydrogen) atoms. The average Bonchev–Trinajstić information content (AvgIpc) is 2.54. The molecule has 6 heteroatoms. The second kappa shape index (κ2) is 8.37. The van der Waals surface area contributed by atoms with Crippen LogP contribution in [0.1, 0.15) is 30.9 Å². The first-order valence-electron chi connectivity index (χ1n) is 7.45. The summed E-state index contributed by atoms with van der Waals surface area (Å²) in [5.74, 6) is 0. The van der Waals surface area contributed by atoms with E-state index in [0.29, 0.717) is 32.5 Å². The average molecular weight is 303 g/mol. The van der Waals surface area contributed by atoms with E-state index in [4.69, 9.17) is 10.00 Å². The highest BCUT2D eigenvalue weighted by molar-refractivity contribution is 5.74. The molecule has 0 aromatic heterocycles. The molecule has 0 spiro atoms. The van der Waals surface area contributed by atoms with E-state index in [9.17, 15) is 9.90 Å². The van der Waals surface area contributed by atoms with Gasteiger partial charge < -0.3 is 20.5 Å². The van der Waals surface area contributed by atoms with Crippen LogP contribution in [0.2, 0.25) is 0 Å². The van der Waals surface area contributed by atoms with Crippen LogP contribution in [0.15, 0.2) is 30.3 Å². The van der Waals surface area contributed by atoms with Crippen LogP contribution in [0, 0.1) is 11.3 Å². The fourth-order valence-electron chi connectivity index (χ4n) is 2.45. The van der Waals surface area contributed by atoms with Gasteiger partial charge in [-0.25, -0.2) is 4.79 Å². The third kappa shape index (κ3) is 4.72. The number of benzene rings is 1. The molecule has 2 amide bonds. The van der Waals surface area contributed by atoms with E-state index in [1.807, 2.05) is 30.3 Å². The minimum absolute atomic E-state index is 0.234. The van der Waals surface area contributed by atoms with Crippen LogP contribution in [-0.2, 0) is 4.74 Å². The number of nitrogens with zero attached hydrogens (tertiary/aromatic N) is 1. The van der Waals surface area contributed by atoms with Crippen molar-refractivity contribution in [3.63, 3.8) is 0 Å². The molecular formula is C16H21N3O3. The number of ether oxygens (including phenoxy) is 1. The first-order chi connectivity index (χ1) is 10.7. The summed E-state index contributed by atoms with van der Waals surface area (Å²) in [7, 11) is 0.